The molecule has 2 heterocycles. The summed E-state index contributed by atoms with van der Waals surface area (Å²) < 4.78 is 1.56. The summed E-state index contributed by atoms with van der Waals surface area (Å²) in [7, 11) is 1.73. The Balaban J connectivity index is 1.69. The Hall–Kier alpha value is -3.67. The van der Waals surface area contributed by atoms with Gasteiger partial charge in [0.2, 0.25) is 5.95 Å². The number of nitrogens with one attached hydrogen (secondary N) is 1. The number of aromatic nitrogens is 3. The largest absolute Gasteiger partial charge is 0.399 e. The van der Waals surface area contributed by atoms with Gasteiger partial charge in [-0.1, -0.05) is 42.5 Å². The Bertz CT molecular complexity index is 1170. The summed E-state index contributed by atoms with van der Waals surface area (Å²) in [5.41, 5.74) is 9.56. The van der Waals surface area contributed by atoms with Crippen LogP contribution in [0.2, 0.25) is 0 Å². The second kappa shape index (κ2) is 6.92. The van der Waals surface area contributed by atoms with Gasteiger partial charge in [-0.25, -0.2) is 4.98 Å². The lowest BCUT2D eigenvalue weighted by atomic mass is 10.1. The molecule has 0 radical (unpaired) electrons. The molecule has 0 saturated heterocycles. The first-order chi connectivity index (χ1) is 13.1. The molecular weight excluding hydrogens is 338 g/mol. The first-order valence-electron chi connectivity index (χ1n) is 8.62. The number of hydrogen-bond donors (Lipinski definition) is 2. The minimum Gasteiger partial charge on any atom is -0.399 e. The number of pyridine rings is 1. The number of aryl methyl sites for hydroxylation is 1. The molecule has 0 spiro atoms. The molecule has 2 aromatic heterocycles. The van der Waals surface area contributed by atoms with Gasteiger partial charge in [0.15, 0.2) is 0 Å². The predicted molar refractivity (Wildman–Crippen MR) is 108 cm³/mol. The molecule has 0 aliphatic carbocycles. The number of anilines is 2. The highest BCUT2D eigenvalue weighted by atomic mass is 16.1. The van der Waals surface area contributed by atoms with E-state index in [-0.39, 0.29) is 5.56 Å². The van der Waals surface area contributed by atoms with E-state index in [1.807, 2.05) is 60.7 Å². The van der Waals surface area contributed by atoms with Crippen molar-refractivity contribution >= 4 is 22.7 Å². The second-order valence-electron chi connectivity index (χ2n) is 6.36. The van der Waals surface area contributed by atoms with Crippen LogP contribution in [0.4, 0.5) is 11.6 Å². The molecule has 0 aliphatic heterocycles. The van der Waals surface area contributed by atoms with E-state index in [2.05, 4.69) is 15.3 Å². The van der Waals surface area contributed by atoms with Crippen molar-refractivity contribution in [3.05, 3.63) is 82.8 Å². The fourth-order valence-corrected chi connectivity index (χ4v) is 3.04. The fourth-order valence-electron chi connectivity index (χ4n) is 3.04. The van der Waals surface area contributed by atoms with E-state index in [0.29, 0.717) is 29.4 Å². The molecule has 0 aliphatic rings. The van der Waals surface area contributed by atoms with Crippen molar-refractivity contribution in [1.82, 2.24) is 14.5 Å². The quantitative estimate of drug-likeness (QED) is 0.548. The van der Waals surface area contributed by atoms with Crippen LogP contribution >= 0.6 is 0 Å². The third-order valence-electron chi connectivity index (χ3n) is 4.43. The number of benzene rings is 2. The summed E-state index contributed by atoms with van der Waals surface area (Å²) in [5, 5.41) is 3.99. The lowest BCUT2D eigenvalue weighted by molar-refractivity contribution is 0.884. The third-order valence-corrected chi connectivity index (χ3v) is 4.43. The number of fused-ring (bicyclic) bond motifs is 1. The highest BCUT2D eigenvalue weighted by Gasteiger charge is 2.11. The summed E-state index contributed by atoms with van der Waals surface area (Å²) in [6.45, 7) is 0.548. The van der Waals surface area contributed by atoms with Crippen LogP contribution in [0.25, 0.3) is 22.2 Å². The lowest BCUT2D eigenvalue weighted by Gasteiger charge is -2.10. The number of hydrogen-bond acceptors (Lipinski definition) is 5. The number of nitrogens with two attached hydrogens (primary N) is 1. The van der Waals surface area contributed by atoms with E-state index < -0.39 is 0 Å². The number of nitrogen functional groups attached to an aromatic ring is 1. The maximum atomic E-state index is 12.8. The standard InChI is InChI=1S/C21H19N5O/c1-26-19-16(11-18(20(26)27)15-7-3-2-4-8-15)13-24-21(25-19)23-12-14-6-5-9-17(22)10-14/h2-11,13H,12,22H2,1H3,(H,23,24,25). The highest BCUT2D eigenvalue weighted by Crippen LogP contribution is 2.20. The van der Waals surface area contributed by atoms with E-state index in [0.717, 1.165) is 16.5 Å². The zero-order valence-electron chi connectivity index (χ0n) is 14.9. The van der Waals surface area contributed by atoms with Gasteiger partial charge in [-0.15, -0.1) is 0 Å². The Morgan fingerprint density at radius 3 is 2.67 bits per heavy atom. The van der Waals surface area contributed by atoms with Gasteiger partial charge in [-0.3, -0.25) is 9.36 Å². The molecule has 0 amide bonds. The highest BCUT2D eigenvalue weighted by molar-refractivity contribution is 5.81. The van der Waals surface area contributed by atoms with Crippen molar-refractivity contribution in [3.8, 4) is 11.1 Å². The molecule has 6 heteroatoms. The molecule has 0 saturated carbocycles. The van der Waals surface area contributed by atoms with Crippen molar-refractivity contribution in [2.24, 2.45) is 7.05 Å². The van der Waals surface area contributed by atoms with Crippen LogP contribution in [0, 0.1) is 0 Å². The number of rotatable bonds is 4. The van der Waals surface area contributed by atoms with Gasteiger partial charge < -0.3 is 11.1 Å². The maximum absolute atomic E-state index is 12.8. The van der Waals surface area contributed by atoms with Crippen LogP contribution in [-0.2, 0) is 13.6 Å². The van der Waals surface area contributed by atoms with Crippen LogP contribution in [0.3, 0.4) is 0 Å². The SMILES string of the molecule is Cn1c(=O)c(-c2ccccc2)cc2cnc(NCc3cccc(N)c3)nc21. The summed E-state index contributed by atoms with van der Waals surface area (Å²) in [6.07, 6.45) is 1.73. The van der Waals surface area contributed by atoms with Gasteiger partial charge in [0.1, 0.15) is 5.65 Å². The molecular formula is C21H19N5O. The topological polar surface area (TPSA) is 85.8 Å². The van der Waals surface area contributed by atoms with E-state index in [1.165, 1.54) is 0 Å². The van der Waals surface area contributed by atoms with Crippen LogP contribution < -0.4 is 16.6 Å². The monoisotopic (exact) mass is 357 g/mol. The average molecular weight is 357 g/mol. The van der Waals surface area contributed by atoms with Gasteiger partial charge in [-0.05, 0) is 29.3 Å². The third kappa shape index (κ3) is 3.37. The smallest absolute Gasteiger partial charge is 0.259 e. The van der Waals surface area contributed by atoms with E-state index in [9.17, 15) is 4.79 Å². The molecule has 4 rings (SSSR count). The zero-order valence-corrected chi connectivity index (χ0v) is 14.9. The molecule has 0 unspecified atom stereocenters. The summed E-state index contributed by atoms with van der Waals surface area (Å²) in [5.74, 6) is 0.465. The molecule has 0 fully saturated rings. The van der Waals surface area contributed by atoms with Crippen molar-refractivity contribution in [2.75, 3.05) is 11.1 Å². The van der Waals surface area contributed by atoms with Gasteiger partial charge >= 0.3 is 0 Å². The number of nitrogens with zero attached hydrogens (tertiary/aromatic N) is 3. The molecule has 134 valence electrons. The van der Waals surface area contributed by atoms with Crippen molar-refractivity contribution < 1.29 is 0 Å². The minimum absolute atomic E-state index is 0.0887. The molecule has 27 heavy (non-hydrogen) atoms. The average Bonchev–Trinajstić information content (AvgIpc) is 2.70. The normalized spacial score (nSPS) is 10.9. The first-order valence-corrected chi connectivity index (χ1v) is 8.62. The molecule has 3 N–H and O–H groups in total. The second-order valence-corrected chi connectivity index (χ2v) is 6.36. The Morgan fingerprint density at radius 1 is 1.07 bits per heavy atom. The minimum atomic E-state index is -0.0887. The van der Waals surface area contributed by atoms with Crippen LogP contribution in [-0.4, -0.2) is 14.5 Å². The molecule has 6 nitrogen and oxygen atoms in total. The molecule has 0 atom stereocenters. The van der Waals surface area contributed by atoms with E-state index in [4.69, 9.17) is 5.73 Å². The molecule has 0 bridgehead atoms. The zero-order chi connectivity index (χ0) is 18.8. The Kier molecular flexibility index (Phi) is 4.30. The van der Waals surface area contributed by atoms with Gasteiger partial charge in [0.25, 0.3) is 5.56 Å². The van der Waals surface area contributed by atoms with Crippen LogP contribution in [0.5, 0.6) is 0 Å². The van der Waals surface area contributed by atoms with Crippen molar-refractivity contribution in [3.63, 3.8) is 0 Å². The molecule has 2 aromatic carbocycles. The fraction of sp³-hybridized carbons (Fsp3) is 0.0952. The predicted octanol–water partition coefficient (Wildman–Crippen LogP) is 3.19. The van der Waals surface area contributed by atoms with Gasteiger partial charge in [-0.2, -0.15) is 4.98 Å². The van der Waals surface area contributed by atoms with Crippen LogP contribution in [0.15, 0.2) is 71.7 Å². The molecule has 4 aromatic rings. The van der Waals surface area contributed by atoms with Crippen molar-refractivity contribution in [2.45, 2.75) is 6.54 Å². The maximum Gasteiger partial charge on any atom is 0.259 e. The Labute approximate surface area is 156 Å². The van der Waals surface area contributed by atoms with E-state index in [1.54, 1.807) is 17.8 Å². The summed E-state index contributed by atoms with van der Waals surface area (Å²) in [4.78, 5) is 21.7. The van der Waals surface area contributed by atoms with Crippen LogP contribution in [0.1, 0.15) is 5.56 Å². The van der Waals surface area contributed by atoms with Gasteiger partial charge in [0.05, 0.1) is 0 Å². The van der Waals surface area contributed by atoms with E-state index >= 15 is 0 Å². The summed E-state index contributed by atoms with van der Waals surface area (Å²) >= 11 is 0. The Morgan fingerprint density at radius 2 is 1.89 bits per heavy atom. The lowest BCUT2D eigenvalue weighted by Crippen LogP contribution is -2.20. The van der Waals surface area contributed by atoms with Crippen molar-refractivity contribution in [1.29, 1.82) is 0 Å². The summed E-state index contributed by atoms with van der Waals surface area (Å²) in [6, 6.07) is 19.1. The first kappa shape index (κ1) is 16.8. The van der Waals surface area contributed by atoms with Gasteiger partial charge in [0, 0.05) is 36.4 Å².